The number of carbonyl (C=O) groups excluding carboxylic acids is 2. The first-order valence-electron chi connectivity index (χ1n) is 6.69. The van der Waals surface area contributed by atoms with Crippen LogP contribution in [0.3, 0.4) is 0 Å². The second-order valence-electron chi connectivity index (χ2n) is 5.16. The molecule has 2 heterocycles. The van der Waals surface area contributed by atoms with E-state index in [9.17, 15) is 9.59 Å². The first kappa shape index (κ1) is 16.1. The largest absolute Gasteiger partial charge is 0.461 e. The SMILES string of the molecule is Cc1nc(NC(=O)c2cn(C)nn2)sc1C(=O)OCC(C)C. The van der Waals surface area contributed by atoms with Crippen LogP contribution in [0.15, 0.2) is 6.20 Å². The highest BCUT2D eigenvalue weighted by molar-refractivity contribution is 7.17. The van der Waals surface area contributed by atoms with Gasteiger partial charge in [-0.15, -0.1) is 5.10 Å². The molecule has 1 N–H and O–H groups in total. The first-order chi connectivity index (χ1) is 10.4. The van der Waals surface area contributed by atoms with Crippen molar-refractivity contribution in [2.75, 3.05) is 11.9 Å². The van der Waals surface area contributed by atoms with Crippen LogP contribution in [0.2, 0.25) is 0 Å². The molecule has 0 aliphatic carbocycles. The van der Waals surface area contributed by atoms with Crippen molar-refractivity contribution in [1.82, 2.24) is 20.0 Å². The van der Waals surface area contributed by atoms with Crippen LogP contribution in [0.1, 0.15) is 39.7 Å². The maximum Gasteiger partial charge on any atom is 0.350 e. The summed E-state index contributed by atoms with van der Waals surface area (Å²) in [5.74, 6) is -0.597. The zero-order valence-corrected chi connectivity index (χ0v) is 13.6. The smallest absolute Gasteiger partial charge is 0.350 e. The quantitative estimate of drug-likeness (QED) is 0.840. The summed E-state index contributed by atoms with van der Waals surface area (Å²) in [6.45, 7) is 5.95. The maximum atomic E-state index is 12.0. The fourth-order valence-electron chi connectivity index (χ4n) is 1.56. The van der Waals surface area contributed by atoms with E-state index in [2.05, 4.69) is 20.6 Å². The number of rotatable bonds is 5. The molecule has 22 heavy (non-hydrogen) atoms. The molecule has 0 radical (unpaired) electrons. The fraction of sp³-hybridized carbons (Fsp3) is 0.462. The number of nitrogens with zero attached hydrogens (tertiary/aromatic N) is 4. The Hall–Kier alpha value is -2.29. The van der Waals surface area contributed by atoms with E-state index in [4.69, 9.17) is 4.74 Å². The first-order valence-corrected chi connectivity index (χ1v) is 7.50. The number of aromatic nitrogens is 4. The van der Waals surface area contributed by atoms with E-state index < -0.39 is 11.9 Å². The van der Waals surface area contributed by atoms with E-state index in [0.29, 0.717) is 22.3 Å². The summed E-state index contributed by atoms with van der Waals surface area (Å²) in [6.07, 6.45) is 1.49. The van der Waals surface area contributed by atoms with Crippen LogP contribution >= 0.6 is 11.3 Å². The average Bonchev–Trinajstić information content (AvgIpc) is 3.02. The lowest BCUT2D eigenvalue weighted by molar-refractivity contribution is 0.0463. The number of anilines is 1. The number of thiazole rings is 1. The van der Waals surface area contributed by atoms with Gasteiger partial charge in [-0.25, -0.2) is 9.78 Å². The number of esters is 1. The second kappa shape index (κ2) is 6.65. The Labute approximate surface area is 131 Å². The molecule has 2 rings (SSSR count). The average molecular weight is 323 g/mol. The predicted molar refractivity (Wildman–Crippen MR) is 80.9 cm³/mol. The second-order valence-corrected chi connectivity index (χ2v) is 6.16. The van der Waals surface area contributed by atoms with Crippen LogP contribution in [0.5, 0.6) is 0 Å². The van der Waals surface area contributed by atoms with Crippen molar-refractivity contribution >= 4 is 28.3 Å². The molecule has 0 atom stereocenters. The van der Waals surface area contributed by atoms with E-state index in [1.54, 1.807) is 14.0 Å². The highest BCUT2D eigenvalue weighted by Crippen LogP contribution is 2.24. The maximum absolute atomic E-state index is 12.0. The predicted octanol–water partition coefficient (Wildman–Crippen LogP) is 1.65. The topological polar surface area (TPSA) is 99.0 Å². The molecule has 0 spiro atoms. The molecule has 2 aromatic heterocycles. The summed E-state index contributed by atoms with van der Waals surface area (Å²) < 4.78 is 6.60. The van der Waals surface area contributed by atoms with Gasteiger partial charge < -0.3 is 4.74 Å². The molecule has 0 unspecified atom stereocenters. The van der Waals surface area contributed by atoms with E-state index in [1.165, 1.54) is 10.9 Å². The van der Waals surface area contributed by atoms with Crippen molar-refractivity contribution in [3.05, 3.63) is 22.5 Å². The number of amides is 1. The number of nitrogens with one attached hydrogen (secondary N) is 1. The molecule has 2 aromatic rings. The molecule has 0 saturated carbocycles. The Kier molecular flexibility index (Phi) is 4.86. The molecular weight excluding hydrogens is 306 g/mol. The van der Waals surface area contributed by atoms with Crippen molar-refractivity contribution in [1.29, 1.82) is 0 Å². The van der Waals surface area contributed by atoms with Gasteiger partial charge in [-0.3, -0.25) is 14.8 Å². The van der Waals surface area contributed by atoms with Crippen LogP contribution in [-0.2, 0) is 11.8 Å². The van der Waals surface area contributed by atoms with Crippen molar-refractivity contribution in [2.24, 2.45) is 13.0 Å². The summed E-state index contributed by atoms with van der Waals surface area (Å²) in [5.41, 5.74) is 0.701. The monoisotopic (exact) mass is 323 g/mol. The van der Waals surface area contributed by atoms with Gasteiger partial charge in [0.05, 0.1) is 18.5 Å². The molecule has 9 heteroatoms. The third kappa shape index (κ3) is 3.88. The van der Waals surface area contributed by atoms with E-state index >= 15 is 0 Å². The Morgan fingerprint density at radius 2 is 2.18 bits per heavy atom. The lowest BCUT2D eigenvalue weighted by atomic mass is 10.2. The number of hydrogen-bond acceptors (Lipinski definition) is 7. The van der Waals surface area contributed by atoms with Gasteiger partial charge in [0.15, 0.2) is 10.8 Å². The highest BCUT2D eigenvalue weighted by Gasteiger charge is 2.19. The van der Waals surface area contributed by atoms with Gasteiger partial charge in [0.25, 0.3) is 5.91 Å². The summed E-state index contributed by atoms with van der Waals surface area (Å²) in [6, 6.07) is 0. The van der Waals surface area contributed by atoms with E-state index in [1.807, 2.05) is 13.8 Å². The van der Waals surface area contributed by atoms with Gasteiger partial charge >= 0.3 is 5.97 Å². The third-order valence-corrected chi connectivity index (χ3v) is 3.64. The van der Waals surface area contributed by atoms with Crippen LogP contribution in [0.4, 0.5) is 5.13 Å². The molecule has 0 fully saturated rings. The number of hydrogen-bond donors (Lipinski definition) is 1. The standard InChI is InChI=1S/C13H17N5O3S/c1-7(2)6-21-12(20)10-8(3)14-13(22-10)15-11(19)9-5-18(4)17-16-9/h5,7H,6H2,1-4H3,(H,14,15,19). The molecule has 0 aliphatic heterocycles. The third-order valence-electron chi connectivity index (χ3n) is 2.59. The Bertz CT molecular complexity index is 692. The van der Waals surface area contributed by atoms with Crippen molar-refractivity contribution in [3.8, 4) is 0 Å². The molecule has 8 nitrogen and oxygen atoms in total. The fourth-order valence-corrected chi connectivity index (χ4v) is 2.41. The minimum absolute atomic E-state index is 0.180. The zero-order chi connectivity index (χ0) is 16.3. The van der Waals surface area contributed by atoms with Crippen LogP contribution < -0.4 is 5.32 Å². The number of ether oxygens (including phenoxy) is 1. The van der Waals surface area contributed by atoms with Crippen LogP contribution in [0.25, 0.3) is 0 Å². The van der Waals surface area contributed by atoms with Gasteiger partial charge in [-0.2, -0.15) is 0 Å². The van der Waals surface area contributed by atoms with Gasteiger partial charge in [-0.1, -0.05) is 30.4 Å². The lowest BCUT2D eigenvalue weighted by Gasteiger charge is -2.05. The Balaban J connectivity index is 2.06. The highest BCUT2D eigenvalue weighted by atomic mass is 32.1. The molecular formula is C13H17N5O3S. The van der Waals surface area contributed by atoms with Crippen molar-refractivity contribution in [2.45, 2.75) is 20.8 Å². The summed E-state index contributed by atoms with van der Waals surface area (Å²) in [5, 5.41) is 10.3. The van der Waals surface area contributed by atoms with Crippen molar-refractivity contribution in [3.63, 3.8) is 0 Å². The molecule has 0 bridgehead atoms. The lowest BCUT2D eigenvalue weighted by Crippen LogP contribution is -2.12. The Morgan fingerprint density at radius 3 is 2.77 bits per heavy atom. The minimum Gasteiger partial charge on any atom is -0.461 e. The molecule has 118 valence electrons. The van der Waals surface area contributed by atoms with Gasteiger partial charge in [0, 0.05) is 7.05 Å². The van der Waals surface area contributed by atoms with Gasteiger partial charge in [0.1, 0.15) is 4.88 Å². The Morgan fingerprint density at radius 1 is 1.45 bits per heavy atom. The molecule has 0 aliphatic rings. The van der Waals surface area contributed by atoms with Gasteiger partial charge in [0.2, 0.25) is 0 Å². The van der Waals surface area contributed by atoms with E-state index in [0.717, 1.165) is 11.3 Å². The van der Waals surface area contributed by atoms with Gasteiger partial charge in [-0.05, 0) is 12.8 Å². The molecule has 1 amide bonds. The molecule has 0 aromatic carbocycles. The minimum atomic E-state index is -0.427. The summed E-state index contributed by atoms with van der Waals surface area (Å²) in [4.78, 5) is 28.5. The van der Waals surface area contributed by atoms with Crippen LogP contribution in [0, 0.1) is 12.8 Å². The number of carbonyl (C=O) groups is 2. The number of aryl methyl sites for hydroxylation is 2. The molecule has 0 saturated heterocycles. The zero-order valence-electron chi connectivity index (χ0n) is 12.8. The normalized spacial score (nSPS) is 10.8. The van der Waals surface area contributed by atoms with E-state index in [-0.39, 0.29) is 11.6 Å². The van der Waals surface area contributed by atoms with Crippen molar-refractivity contribution < 1.29 is 14.3 Å². The summed E-state index contributed by atoms with van der Waals surface area (Å²) >= 11 is 1.08. The van der Waals surface area contributed by atoms with Crippen LogP contribution in [-0.4, -0.2) is 38.5 Å². The summed E-state index contributed by atoms with van der Waals surface area (Å²) in [7, 11) is 1.67.